The number of nitro benzene ring substituents is 2. The van der Waals surface area contributed by atoms with Crippen LogP contribution in [0.1, 0.15) is 31.8 Å². The molecule has 2 heterocycles. The molecule has 3 N–H and O–H groups in total. The molecule has 0 fully saturated rings. The molecule has 0 spiro atoms. The molecule has 8 aromatic rings. The van der Waals surface area contributed by atoms with Crippen LogP contribution in [-0.2, 0) is 0 Å². The second-order valence-electron chi connectivity index (χ2n) is 12.5. The van der Waals surface area contributed by atoms with Crippen LogP contribution in [0.3, 0.4) is 0 Å². The molecule has 12 nitrogen and oxygen atoms in total. The molecule has 0 bridgehead atoms. The van der Waals surface area contributed by atoms with Crippen LogP contribution < -0.4 is 11.1 Å². The summed E-state index contributed by atoms with van der Waals surface area (Å²) in [5, 5.41) is 25.3. The van der Waals surface area contributed by atoms with Crippen LogP contribution in [0.15, 0.2) is 133 Å². The molecule has 284 valence electrons. The highest BCUT2D eigenvalue weighted by molar-refractivity contribution is 7.22. The van der Waals surface area contributed by atoms with E-state index in [2.05, 4.69) is 46.5 Å². The minimum atomic E-state index is -0.817. The first-order valence-electron chi connectivity index (χ1n) is 17.0. The Bertz CT molecular complexity index is 2740. The van der Waals surface area contributed by atoms with E-state index in [0.29, 0.717) is 5.69 Å². The van der Waals surface area contributed by atoms with Gasteiger partial charge in [0.1, 0.15) is 21.1 Å². The maximum Gasteiger partial charge on any atom is 0.282 e. The maximum atomic E-state index is 12.4. The number of rotatable bonds is 7. The third kappa shape index (κ3) is 9.87. The van der Waals surface area contributed by atoms with Crippen LogP contribution in [0, 0.1) is 34.1 Å². The molecule has 0 aliphatic rings. The molecule has 1 amide bonds. The fourth-order valence-corrected chi connectivity index (χ4v) is 7.75. The zero-order chi connectivity index (χ0) is 40.6. The number of hydrogen-bond donors (Lipinski definition) is 2. The molecule has 0 radical (unpaired) electrons. The molecule has 6 aromatic carbocycles. The number of para-hydroxylation sites is 2. The number of carbonyl (C=O) groups excluding carboxylic acids is 2. The number of amides is 1. The van der Waals surface area contributed by atoms with Gasteiger partial charge in [-0.1, -0.05) is 36.4 Å². The van der Waals surface area contributed by atoms with E-state index in [1.54, 1.807) is 40.9 Å². The zero-order valence-electron chi connectivity index (χ0n) is 30.2. The van der Waals surface area contributed by atoms with E-state index in [0.717, 1.165) is 42.6 Å². The first-order valence-corrected chi connectivity index (χ1v) is 19.1. The van der Waals surface area contributed by atoms with Gasteiger partial charge in [0.05, 0.1) is 30.3 Å². The van der Waals surface area contributed by atoms with Crippen molar-refractivity contribution >= 4 is 88.6 Å². The zero-order valence-corrected chi connectivity index (χ0v) is 32.6. The molecule has 0 aliphatic heterocycles. The van der Waals surface area contributed by atoms with Crippen LogP contribution in [0.5, 0.6) is 0 Å². The number of nitrogens with one attached hydrogen (secondary N) is 1. The molecule has 8 rings (SSSR count). The Balaban J connectivity index is 0.000000160. The van der Waals surface area contributed by atoms with E-state index in [9.17, 15) is 29.8 Å². The Morgan fingerprint density at radius 3 is 1.53 bits per heavy atom. The van der Waals surface area contributed by atoms with Gasteiger partial charge in [0.15, 0.2) is 0 Å². The lowest BCUT2D eigenvalue weighted by Gasteiger charge is -2.06. The number of nitrogens with zero attached hydrogens (tertiary/aromatic N) is 4. The van der Waals surface area contributed by atoms with Crippen LogP contribution >= 0.6 is 34.3 Å². The predicted molar refractivity (Wildman–Crippen MR) is 228 cm³/mol. The largest absolute Gasteiger partial charge is 0.399 e. The molecule has 2 aromatic heterocycles. The molecular formula is C42H31ClN6O6S2. The van der Waals surface area contributed by atoms with E-state index < -0.39 is 21.0 Å². The van der Waals surface area contributed by atoms with Crippen LogP contribution in [0.2, 0.25) is 0 Å². The third-order valence-corrected chi connectivity index (χ3v) is 10.6. The van der Waals surface area contributed by atoms with E-state index >= 15 is 0 Å². The van der Waals surface area contributed by atoms with Gasteiger partial charge >= 0.3 is 0 Å². The Hall–Kier alpha value is -6.87. The van der Waals surface area contributed by atoms with Crippen molar-refractivity contribution in [3.63, 3.8) is 0 Å². The summed E-state index contributed by atoms with van der Waals surface area (Å²) < 4.78 is 2.36. The van der Waals surface area contributed by atoms with Crippen molar-refractivity contribution in [2.45, 2.75) is 13.8 Å². The van der Waals surface area contributed by atoms with Crippen LogP contribution in [-0.4, -0.2) is 31.0 Å². The quantitative estimate of drug-likeness (QED) is 0.0683. The van der Waals surface area contributed by atoms with Gasteiger partial charge in [0.2, 0.25) is 0 Å². The van der Waals surface area contributed by atoms with Gasteiger partial charge in [-0.2, -0.15) is 0 Å². The van der Waals surface area contributed by atoms with Gasteiger partial charge in [-0.15, -0.1) is 22.7 Å². The van der Waals surface area contributed by atoms with E-state index in [1.165, 1.54) is 58.3 Å². The van der Waals surface area contributed by atoms with Crippen molar-refractivity contribution in [1.29, 1.82) is 0 Å². The highest BCUT2D eigenvalue weighted by Crippen LogP contribution is 2.33. The lowest BCUT2D eigenvalue weighted by Crippen LogP contribution is -2.13. The molecule has 57 heavy (non-hydrogen) atoms. The Morgan fingerprint density at radius 1 is 0.632 bits per heavy atom. The summed E-state index contributed by atoms with van der Waals surface area (Å²) in [6.45, 7) is 4.15. The first-order chi connectivity index (χ1) is 27.4. The van der Waals surface area contributed by atoms with E-state index in [-0.39, 0.29) is 22.5 Å². The number of anilines is 2. The summed E-state index contributed by atoms with van der Waals surface area (Å²) in [6, 6.07) is 39.0. The highest BCUT2D eigenvalue weighted by Gasteiger charge is 2.19. The number of fused-ring (bicyclic) bond motifs is 2. The van der Waals surface area contributed by atoms with Crippen molar-refractivity contribution in [3.05, 3.63) is 176 Å². The summed E-state index contributed by atoms with van der Waals surface area (Å²) in [6.07, 6.45) is 0. The summed E-state index contributed by atoms with van der Waals surface area (Å²) in [5.41, 5.74) is 13.0. The molecule has 0 saturated carbocycles. The number of carbonyl (C=O) groups is 2. The van der Waals surface area contributed by atoms with Crippen LogP contribution in [0.4, 0.5) is 22.7 Å². The molecule has 15 heteroatoms. The van der Waals surface area contributed by atoms with E-state index in [1.807, 2.05) is 55.5 Å². The molecule has 0 atom stereocenters. The number of aromatic nitrogens is 2. The van der Waals surface area contributed by atoms with Gasteiger partial charge in [0.25, 0.3) is 22.5 Å². The number of benzene rings is 6. The summed E-state index contributed by atoms with van der Waals surface area (Å²) in [4.78, 5) is 52.5. The second-order valence-corrected chi connectivity index (χ2v) is 14.9. The first kappa shape index (κ1) is 39.8. The number of aryl methyl sites for hydroxylation is 2. The Labute approximate surface area is 338 Å². The number of halogens is 1. The average molecular weight is 815 g/mol. The Morgan fingerprint density at radius 2 is 1.07 bits per heavy atom. The lowest BCUT2D eigenvalue weighted by molar-refractivity contribution is -0.385. The summed E-state index contributed by atoms with van der Waals surface area (Å²) >= 11 is 8.44. The minimum absolute atomic E-state index is 0.0260. The molecule has 0 saturated heterocycles. The molecular weight excluding hydrogens is 784 g/mol. The Kier molecular flexibility index (Phi) is 12.4. The van der Waals surface area contributed by atoms with Crippen molar-refractivity contribution in [3.8, 4) is 21.1 Å². The molecule has 0 unspecified atom stereocenters. The van der Waals surface area contributed by atoms with Crippen LogP contribution in [0.25, 0.3) is 41.6 Å². The van der Waals surface area contributed by atoms with Crippen molar-refractivity contribution in [1.82, 2.24) is 9.97 Å². The highest BCUT2D eigenvalue weighted by atomic mass is 35.5. The molecule has 0 aliphatic carbocycles. The van der Waals surface area contributed by atoms with Crippen molar-refractivity contribution < 1.29 is 19.4 Å². The lowest BCUT2D eigenvalue weighted by atomic mass is 10.1. The average Bonchev–Trinajstić information content (AvgIpc) is 3.83. The van der Waals surface area contributed by atoms with Gasteiger partial charge in [-0.25, -0.2) is 9.97 Å². The second kappa shape index (κ2) is 17.7. The summed E-state index contributed by atoms with van der Waals surface area (Å²) in [5.74, 6) is -0.518. The van der Waals surface area contributed by atoms with Crippen molar-refractivity contribution in [2.75, 3.05) is 11.1 Å². The normalized spacial score (nSPS) is 10.5. The van der Waals surface area contributed by atoms with Crippen molar-refractivity contribution in [2.24, 2.45) is 0 Å². The standard InChI is InChI=1S/C21H15N3O3S.C14H12N2S.C7H4ClNO3/c1-13-6-11-17-19(12-13)28-21(23-17)14-7-9-15(10-8-14)22-20(25)16-4-2-3-5-18(16)24(26)27;1-9-2-7-12-13(8-9)17-14(16-12)10-3-5-11(15)6-4-10;8-7(10)5-3-1-2-4-6(5)9(11)12/h2-12H,1H3,(H,22,25);2-8H,15H2,1H3;1-4H. The minimum Gasteiger partial charge on any atom is -0.399 e. The number of nitro groups is 2. The number of thiazole rings is 2. The van der Waals surface area contributed by atoms with Gasteiger partial charge < -0.3 is 11.1 Å². The predicted octanol–water partition coefficient (Wildman–Crippen LogP) is 11.3. The monoisotopic (exact) mass is 814 g/mol. The summed E-state index contributed by atoms with van der Waals surface area (Å²) in [7, 11) is 0. The van der Waals surface area contributed by atoms with Gasteiger partial charge in [-0.05, 0) is 122 Å². The topological polar surface area (TPSA) is 184 Å². The van der Waals surface area contributed by atoms with Gasteiger partial charge in [-0.3, -0.25) is 29.8 Å². The fourth-order valence-electron chi connectivity index (χ4n) is 5.45. The third-order valence-electron chi connectivity index (χ3n) is 8.29. The van der Waals surface area contributed by atoms with E-state index in [4.69, 9.17) is 17.3 Å². The SMILES string of the molecule is Cc1ccc2nc(-c3ccc(N)cc3)sc2c1.Cc1ccc2nc(-c3ccc(NC(=O)c4ccccc4[N+](=O)[O-])cc3)sc2c1.O=C(Cl)c1ccccc1[N+](=O)[O-]. The number of nitrogens with two attached hydrogens (primary N) is 1. The van der Waals surface area contributed by atoms with Gasteiger partial charge in [0, 0.05) is 34.6 Å². The smallest absolute Gasteiger partial charge is 0.282 e. The maximum absolute atomic E-state index is 12.4. The fraction of sp³-hybridized carbons (Fsp3) is 0.0476. The number of nitrogen functional groups attached to an aromatic ring is 1. The number of hydrogen-bond acceptors (Lipinski definition) is 11.